The van der Waals surface area contributed by atoms with Gasteiger partial charge in [0.25, 0.3) is 11.6 Å². The standard InChI is InChI=1S/C22H24N4O4/c1-14-12-22(2,3)25(4)19-11-20(30-5)16(10-18(14)19)13-23-24-21(27)15-6-8-17(9-7-15)26(28)29/h6-13H,1-5H3,(H,24,27)/b23-13-. The number of likely N-dealkylation sites (N-methyl/N-ethyl adjacent to an activating group) is 1. The molecule has 0 bridgehead atoms. The molecule has 0 atom stereocenters. The molecule has 1 aliphatic rings. The van der Waals surface area contributed by atoms with Crippen molar-refractivity contribution >= 4 is 29.1 Å². The maximum atomic E-state index is 12.2. The topological polar surface area (TPSA) is 97.1 Å². The number of methoxy groups -OCH3 is 1. The molecule has 0 aliphatic carbocycles. The predicted octanol–water partition coefficient (Wildman–Crippen LogP) is 4.00. The van der Waals surface area contributed by atoms with Crippen LogP contribution in [-0.4, -0.2) is 36.7 Å². The molecule has 3 rings (SSSR count). The van der Waals surface area contributed by atoms with Crippen molar-refractivity contribution in [2.24, 2.45) is 5.10 Å². The van der Waals surface area contributed by atoms with Gasteiger partial charge in [0, 0.05) is 47.6 Å². The van der Waals surface area contributed by atoms with Crippen molar-refractivity contribution in [2.75, 3.05) is 19.1 Å². The van der Waals surface area contributed by atoms with E-state index >= 15 is 0 Å². The maximum absolute atomic E-state index is 12.2. The Morgan fingerprint density at radius 1 is 1.27 bits per heavy atom. The largest absolute Gasteiger partial charge is 0.496 e. The molecule has 0 spiro atoms. The lowest BCUT2D eigenvalue weighted by Gasteiger charge is -2.40. The molecule has 1 amide bonds. The number of non-ortho nitro benzene ring substituents is 1. The number of carbonyl (C=O) groups excluding carboxylic acids is 1. The van der Waals surface area contributed by atoms with Crippen LogP contribution in [0.1, 0.15) is 42.3 Å². The van der Waals surface area contributed by atoms with Crippen LogP contribution in [0.4, 0.5) is 11.4 Å². The summed E-state index contributed by atoms with van der Waals surface area (Å²) in [5.74, 6) is 0.176. The van der Waals surface area contributed by atoms with Crippen molar-refractivity contribution in [2.45, 2.75) is 26.3 Å². The Kier molecular flexibility index (Phi) is 5.60. The summed E-state index contributed by atoms with van der Waals surface area (Å²) in [5.41, 5.74) is 6.53. The van der Waals surface area contributed by atoms with E-state index in [1.165, 1.54) is 30.5 Å². The number of carbonyl (C=O) groups is 1. The Morgan fingerprint density at radius 3 is 2.53 bits per heavy atom. The van der Waals surface area contributed by atoms with Gasteiger partial charge in [-0.25, -0.2) is 5.43 Å². The lowest BCUT2D eigenvalue weighted by Crippen LogP contribution is -2.42. The van der Waals surface area contributed by atoms with Crippen molar-refractivity contribution in [1.29, 1.82) is 0 Å². The first-order chi connectivity index (χ1) is 14.1. The van der Waals surface area contributed by atoms with Gasteiger partial charge in [0.15, 0.2) is 0 Å². The first kappa shape index (κ1) is 21.0. The molecule has 2 aromatic rings. The third kappa shape index (κ3) is 4.03. The number of hydrogen-bond acceptors (Lipinski definition) is 6. The highest BCUT2D eigenvalue weighted by Gasteiger charge is 2.29. The highest BCUT2D eigenvalue weighted by molar-refractivity contribution is 5.96. The molecule has 1 N–H and O–H groups in total. The van der Waals surface area contributed by atoms with Crippen LogP contribution >= 0.6 is 0 Å². The lowest BCUT2D eigenvalue weighted by molar-refractivity contribution is -0.384. The zero-order valence-electron chi connectivity index (χ0n) is 17.6. The molecule has 156 valence electrons. The van der Waals surface area contributed by atoms with E-state index in [9.17, 15) is 14.9 Å². The Labute approximate surface area is 175 Å². The van der Waals surface area contributed by atoms with Gasteiger partial charge < -0.3 is 9.64 Å². The molecule has 1 heterocycles. The molecular weight excluding hydrogens is 384 g/mol. The second-order valence-corrected chi connectivity index (χ2v) is 7.65. The van der Waals surface area contributed by atoms with Crippen molar-refractivity contribution in [3.05, 3.63) is 69.3 Å². The number of allylic oxidation sites excluding steroid dienone is 1. The van der Waals surface area contributed by atoms with E-state index in [1.807, 2.05) is 19.2 Å². The van der Waals surface area contributed by atoms with Crippen molar-refractivity contribution in [3.63, 3.8) is 0 Å². The molecule has 1 aliphatic heterocycles. The zero-order valence-corrected chi connectivity index (χ0v) is 17.6. The minimum absolute atomic E-state index is 0.0783. The highest BCUT2D eigenvalue weighted by atomic mass is 16.6. The van der Waals surface area contributed by atoms with Gasteiger partial charge in [0.1, 0.15) is 5.75 Å². The summed E-state index contributed by atoms with van der Waals surface area (Å²) in [6.45, 7) is 6.36. The molecule has 2 aromatic carbocycles. The summed E-state index contributed by atoms with van der Waals surface area (Å²) >= 11 is 0. The third-order valence-electron chi connectivity index (χ3n) is 5.28. The van der Waals surface area contributed by atoms with Crippen LogP contribution in [0.25, 0.3) is 5.57 Å². The molecule has 8 heteroatoms. The number of anilines is 1. The molecule has 8 nitrogen and oxygen atoms in total. The normalized spacial score (nSPS) is 14.8. The smallest absolute Gasteiger partial charge is 0.271 e. The van der Waals surface area contributed by atoms with Gasteiger partial charge in [-0.1, -0.05) is 6.08 Å². The van der Waals surface area contributed by atoms with Crippen LogP contribution in [0.3, 0.4) is 0 Å². The van der Waals surface area contributed by atoms with E-state index in [1.54, 1.807) is 7.11 Å². The number of nitrogens with zero attached hydrogens (tertiary/aromatic N) is 3. The SMILES string of the molecule is COc1cc2c(cc1/C=N\NC(=O)c1ccc([N+](=O)[O-])cc1)C(C)=CC(C)(C)N2C. The van der Waals surface area contributed by atoms with E-state index in [4.69, 9.17) is 4.74 Å². The van der Waals surface area contributed by atoms with Crippen LogP contribution in [-0.2, 0) is 0 Å². The number of fused-ring (bicyclic) bond motifs is 1. The maximum Gasteiger partial charge on any atom is 0.271 e. The number of ether oxygens (including phenoxy) is 1. The van der Waals surface area contributed by atoms with E-state index in [-0.39, 0.29) is 16.8 Å². The summed E-state index contributed by atoms with van der Waals surface area (Å²) in [5, 5.41) is 14.7. The average molecular weight is 408 g/mol. The number of nitrogens with one attached hydrogen (secondary N) is 1. The molecule has 0 saturated heterocycles. The van der Waals surface area contributed by atoms with Gasteiger partial charge in [-0.05, 0) is 44.5 Å². The van der Waals surface area contributed by atoms with Gasteiger partial charge in [-0.3, -0.25) is 14.9 Å². The second-order valence-electron chi connectivity index (χ2n) is 7.65. The molecule has 0 fully saturated rings. The van der Waals surface area contributed by atoms with Gasteiger partial charge in [0.2, 0.25) is 0 Å². The average Bonchev–Trinajstić information content (AvgIpc) is 2.71. The van der Waals surface area contributed by atoms with Gasteiger partial charge in [0.05, 0.1) is 23.8 Å². The minimum atomic E-state index is -0.517. The molecule has 0 radical (unpaired) electrons. The van der Waals surface area contributed by atoms with Crippen LogP contribution in [0.5, 0.6) is 5.75 Å². The van der Waals surface area contributed by atoms with Crippen molar-refractivity contribution in [1.82, 2.24) is 5.43 Å². The Morgan fingerprint density at radius 2 is 1.93 bits per heavy atom. The summed E-state index contributed by atoms with van der Waals surface area (Å²) in [4.78, 5) is 24.6. The molecule has 30 heavy (non-hydrogen) atoms. The first-order valence-electron chi connectivity index (χ1n) is 9.37. The van der Waals surface area contributed by atoms with E-state index in [2.05, 4.69) is 42.3 Å². The minimum Gasteiger partial charge on any atom is -0.496 e. The monoisotopic (exact) mass is 408 g/mol. The Bertz CT molecular complexity index is 1060. The number of nitro groups is 1. The van der Waals surface area contributed by atoms with E-state index < -0.39 is 10.8 Å². The molecule has 0 saturated carbocycles. The summed E-state index contributed by atoms with van der Waals surface area (Å²) in [7, 11) is 3.63. The van der Waals surface area contributed by atoms with E-state index in [0.29, 0.717) is 5.75 Å². The first-order valence-corrected chi connectivity index (χ1v) is 9.37. The van der Waals surface area contributed by atoms with Crippen LogP contribution < -0.4 is 15.1 Å². The quantitative estimate of drug-likeness (QED) is 0.458. The number of rotatable bonds is 5. The van der Waals surface area contributed by atoms with Crippen molar-refractivity contribution < 1.29 is 14.5 Å². The number of amides is 1. The lowest BCUT2D eigenvalue weighted by atomic mass is 9.88. The molecule has 0 unspecified atom stereocenters. The number of nitro benzene ring substituents is 1. The zero-order chi connectivity index (χ0) is 22.1. The summed E-state index contributed by atoms with van der Waals surface area (Å²) in [6.07, 6.45) is 3.73. The van der Waals surface area contributed by atoms with Crippen molar-refractivity contribution in [3.8, 4) is 5.75 Å². The Balaban J connectivity index is 1.83. The summed E-state index contributed by atoms with van der Waals surface area (Å²) < 4.78 is 5.53. The van der Waals surface area contributed by atoms with Gasteiger partial charge in [-0.15, -0.1) is 0 Å². The second kappa shape index (κ2) is 7.98. The summed E-state index contributed by atoms with van der Waals surface area (Å²) in [6, 6.07) is 9.26. The fourth-order valence-corrected chi connectivity index (χ4v) is 3.43. The van der Waals surface area contributed by atoms with Crippen LogP contribution in [0.2, 0.25) is 0 Å². The molecular formula is C22H24N4O4. The fourth-order valence-electron chi connectivity index (χ4n) is 3.43. The Hall–Kier alpha value is -3.68. The van der Waals surface area contributed by atoms with Gasteiger partial charge >= 0.3 is 0 Å². The number of hydrogen-bond donors (Lipinski definition) is 1. The van der Waals surface area contributed by atoms with Crippen LogP contribution in [0.15, 0.2) is 47.6 Å². The fraction of sp³-hybridized carbons (Fsp3) is 0.273. The molecule has 0 aromatic heterocycles. The van der Waals surface area contributed by atoms with Gasteiger partial charge in [-0.2, -0.15) is 5.10 Å². The highest BCUT2D eigenvalue weighted by Crippen LogP contribution is 2.40. The van der Waals surface area contributed by atoms with E-state index in [0.717, 1.165) is 22.4 Å². The number of hydrazone groups is 1. The predicted molar refractivity (Wildman–Crippen MR) is 117 cm³/mol. The van der Waals surface area contributed by atoms with Crippen LogP contribution in [0, 0.1) is 10.1 Å². The number of benzene rings is 2. The third-order valence-corrected chi connectivity index (χ3v) is 5.28.